The lowest BCUT2D eigenvalue weighted by Crippen LogP contribution is -2.47. The minimum absolute atomic E-state index is 0.00702. The van der Waals surface area contributed by atoms with Gasteiger partial charge in [-0.1, -0.05) is 18.2 Å². The van der Waals surface area contributed by atoms with Crippen LogP contribution in [0.25, 0.3) is 0 Å². The molecule has 1 atom stereocenters. The van der Waals surface area contributed by atoms with Crippen LogP contribution in [0.4, 0.5) is 0 Å². The number of carbonyl (C=O) groups is 1. The van der Waals surface area contributed by atoms with Crippen LogP contribution < -0.4 is 0 Å². The van der Waals surface area contributed by atoms with Gasteiger partial charge >= 0.3 is 0 Å². The number of nitrogens with zero attached hydrogens (tertiary/aromatic N) is 4. The lowest BCUT2D eigenvalue weighted by Gasteiger charge is -2.34. The minimum atomic E-state index is -0.455. The van der Waals surface area contributed by atoms with Crippen molar-refractivity contribution in [2.75, 3.05) is 52.4 Å². The highest BCUT2D eigenvalue weighted by Gasteiger charge is 2.37. The zero-order valence-corrected chi connectivity index (χ0v) is 14.8. The summed E-state index contributed by atoms with van der Waals surface area (Å²) in [5.74, 6) is -0.00702. The fourth-order valence-corrected chi connectivity index (χ4v) is 3.85. The van der Waals surface area contributed by atoms with Crippen molar-refractivity contribution in [2.45, 2.75) is 19.4 Å². The van der Waals surface area contributed by atoms with Gasteiger partial charge in [0.15, 0.2) is 0 Å². The second kappa shape index (κ2) is 7.96. The molecule has 2 aliphatic rings. The van der Waals surface area contributed by atoms with E-state index in [9.17, 15) is 10.1 Å². The summed E-state index contributed by atoms with van der Waals surface area (Å²) in [5, 5.41) is 18.5. The maximum atomic E-state index is 12.7. The SMILES string of the molecule is Cc1cccc2c1C(=O)N(CCCN1CCN(CCO)CC1)C2C#N. The van der Waals surface area contributed by atoms with Gasteiger partial charge in [0.05, 0.1) is 12.7 Å². The molecule has 3 rings (SSSR count). The lowest BCUT2D eigenvalue weighted by molar-refractivity contribution is 0.0736. The van der Waals surface area contributed by atoms with Crippen LogP contribution in [0.5, 0.6) is 0 Å². The summed E-state index contributed by atoms with van der Waals surface area (Å²) in [6, 6.07) is 7.59. The quantitative estimate of drug-likeness (QED) is 0.836. The van der Waals surface area contributed by atoms with E-state index in [2.05, 4.69) is 15.9 Å². The van der Waals surface area contributed by atoms with Gasteiger partial charge in [-0.25, -0.2) is 0 Å². The van der Waals surface area contributed by atoms with Crippen molar-refractivity contribution in [3.8, 4) is 6.07 Å². The summed E-state index contributed by atoms with van der Waals surface area (Å²) in [4.78, 5) is 19.1. The average Bonchev–Trinajstić information content (AvgIpc) is 2.89. The van der Waals surface area contributed by atoms with Crippen molar-refractivity contribution in [1.82, 2.24) is 14.7 Å². The van der Waals surface area contributed by atoms with E-state index in [1.165, 1.54) is 0 Å². The molecule has 1 N–H and O–H groups in total. The van der Waals surface area contributed by atoms with E-state index >= 15 is 0 Å². The van der Waals surface area contributed by atoms with Crippen LogP contribution in [0.15, 0.2) is 18.2 Å². The smallest absolute Gasteiger partial charge is 0.255 e. The molecule has 25 heavy (non-hydrogen) atoms. The number of hydrogen-bond donors (Lipinski definition) is 1. The summed E-state index contributed by atoms with van der Waals surface area (Å²) in [7, 11) is 0. The summed E-state index contributed by atoms with van der Waals surface area (Å²) < 4.78 is 0. The summed E-state index contributed by atoms with van der Waals surface area (Å²) in [6.07, 6.45) is 0.872. The van der Waals surface area contributed by atoms with Crippen LogP contribution in [0, 0.1) is 18.3 Å². The number of nitriles is 1. The molecular formula is C19H26N4O2. The van der Waals surface area contributed by atoms with Crippen LogP contribution in [0.2, 0.25) is 0 Å². The van der Waals surface area contributed by atoms with Crippen LogP contribution in [-0.2, 0) is 0 Å². The Kier molecular flexibility index (Phi) is 5.69. The Morgan fingerprint density at radius 3 is 2.48 bits per heavy atom. The molecule has 0 saturated carbocycles. The van der Waals surface area contributed by atoms with Gasteiger partial charge in [0.2, 0.25) is 0 Å². The number of benzene rings is 1. The Hall–Kier alpha value is -1.94. The van der Waals surface area contributed by atoms with E-state index in [4.69, 9.17) is 5.11 Å². The van der Waals surface area contributed by atoms with Crippen LogP contribution in [-0.4, -0.2) is 78.1 Å². The molecule has 1 fully saturated rings. The number of aryl methyl sites for hydroxylation is 1. The maximum Gasteiger partial charge on any atom is 0.255 e. The standard InChI is InChI=1S/C19H26N4O2/c1-15-4-2-5-16-17(14-20)23(19(25)18(15)16)7-3-6-21-8-10-22(11-9-21)12-13-24/h2,4-5,17,24H,3,6-13H2,1H3. The Labute approximate surface area is 149 Å². The third-order valence-electron chi connectivity index (χ3n) is 5.26. The van der Waals surface area contributed by atoms with Gasteiger partial charge in [-0.2, -0.15) is 5.26 Å². The predicted octanol–water partition coefficient (Wildman–Crippen LogP) is 1.02. The highest BCUT2D eigenvalue weighted by atomic mass is 16.3. The molecule has 0 radical (unpaired) electrons. The highest BCUT2D eigenvalue weighted by Crippen LogP contribution is 2.34. The number of fused-ring (bicyclic) bond motifs is 1. The molecule has 2 heterocycles. The predicted molar refractivity (Wildman–Crippen MR) is 95.2 cm³/mol. The summed E-state index contributed by atoms with van der Waals surface area (Å²) in [6.45, 7) is 8.39. The second-order valence-electron chi connectivity index (χ2n) is 6.83. The summed E-state index contributed by atoms with van der Waals surface area (Å²) in [5.41, 5.74) is 2.52. The molecule has 1 saturated heterocycles. The molecule has 1 aromatic carbocycles. The van der Waals surface area contributed by atoms with Gasteiger partial charge in [-0.3, -0.25) is 9.69 Å². The third kappa shape index (κ3) is 3.69. The third-order valence-corrected chi connectivity index (χ3v) is 5.26. The molecular weight excluding hydrogens is 316 g/mol. The number of carbonyl (C=O) groups excluding carboxylic acids is 1. The molecule has 1 amide bonds. The van der Waals surface area contributed by atoms with Crippen LogP contribution >= 0.6 is 0 Å². The van der Waals surface area contributed by atoms with E-state index in [-0.39, 0.29) is 12.5 Å². The van der Waals surface area contributed by atoms with Gasteiger partial charge < -0.3 is 14.9 Å². The first-order valence-electron chi connectivity index (χ1n) is 9.01. The van der Waals surface area contributed by atoms with Crippen molar-refractivity contribution in [3.63, 3.8) is 0 Å². The molecule has 1 aromatic rings. The number of rotatable bonds is 6. The fourth-order valence-electron chi connectivity index (χ4n) is 3.85. The minimum Gasteiger partial charge on any atom is -0.395 e. The molecule has 6 nitrogen and oxygen atoms in total. The van der Waals surface area contributed by atoms with E-state index in [0.29, 0.717) is 12.1 Å². The van der Waals surface area contributed by atoms with Gasteiger partial charge in [-0.15, -0.1) is 0 Å². The van der Waals surface area contributed by atoms with Gasteiger partial charge in [-0.05, 0) is 25.5 Å². The van der Waals surface area contributed by atoms with Gasteiger partial charge in [0.25, 0.3) is 5.91 Å². The number of aliphatic hydroxyl groups excluding tert-OH is 1. The second-order valence-corrected chi connectivity index (χ2v) is 6.83. The molecule has 2 aliphatic heterocycles. The number of hydrogen-bond acceptors (Lipinski definition) is 5. The van der Waals surface area contributed by atoms with E-state index < -0.39 is 6.04 Å². The Morgan fingerprint density at radius 2 is 1.84 bits per heavy atom. The number of amides is 1. The Bertz CT molecular complexity index is 662. The largest absolute Gasteiger partial charge is 0.395 e. The van der Waals surface area contributed by atoms with Crippen molar-refractivity contribution in [1.29, 1.82) is 5.26 Å². The molecule has 134 valence electrons. The monoisotopic (exact) mass is 342 g/mol. The number of β-amino-alcohol motifs (C(OH)–C–C–N with tert-alkyl or cyclic N) is 1. The zero-order chi connectivity index (χ0) is 17.8. The fraction of sp³-hybridized carbons (Fsp3) is 0.579. The van der Waals surface area contributed by atoms with E-state index in [1.54, 1.807) is 4.90 Å². The first kappa shape index (κ1) is 17.9. The van der Waals surface area contributed by atoms with Crippen molar-refractivity contribution >= 4 is 5.91 Å². The lowest BCUT2D eigenvalue weighted by atomic mass is 10.0. The number of piperazine rings is 1. The summed E-state index contributed by atoms with van der Waals surface area (Å²) >= 11 is 0. The Balaban J connectivity index is 1.53. The van der Waals surface area contributed by atoms with Crippen molar-refractivity contribution < 1.29 is 9.90 Å². The van der Waals surface area contributed by atoms with Gasteiger partial charge in [0, 0.05) is 50.4 Å². The highest BCUT2D eigenvalue weighted by molar-refractivity contribution is 6.01. The molecule has 0 spiro atoms. The molecule has 0 aliphatic carbocycles. The molecule has 1 unspecified atom stereocenters. The first-order valence-corrected chi connectivity index (χ1v) is 9.01. The Morgan fingerprint density at radius 1 is 1.16 bits per heavy atom. The van der Waals surface area contributed by atoms with E-state index in [1.807, 2.05) is 25.1 Å². The van der Waals surface area contributed by atoms with Crippen molar-refractivity contribution in [3.05, 3.63) is 34.9 Å². The first-order chi connectivity index (χ1) is 12.2. The zero-order valence-electron chi connectivity index (χ0n) is 14.8. The maximum absolute atomic E-state index is 12.7. The molecule has 6 heteroatoms. The van der Waals surface area contributed by atoms with Crippen LogP contribution in [0.3, 0.4) is 0 Å². The van der Waals surface area contributed by atoms with Crippen LogP contribution in [0.1, 0.15) is 33.9 Å². The average molecular weight is 342 g/mol. The van der Waals surface area contributed by atoms with Crippen molar-refractivity contribution in [2.24, 2.45) is 0 Å². The van der Waals surface area contributed by atoms with E-state index in [0.717, 1.165) is 56.8 Å². The molecule has 0 bridgehead atoms. The topological polar surface area (TPSA) is 70.8 Å². The molecule has 0 aromatic heterocycles. The normalized spacial score (nSPS) is 21.4. The van der Waals surface area contributed by atoms with Gasteiger partial charge in [0.1, 0.15) is 6.04 Å². The number of aliphatic hydroxyl groups is 1.